The molecule has 0 aliphatic heterocycles. The molecule has 1 aliphatic rings. The average molecular weight is 390 g/mol. The summed E-state index contributed by atoms with van der Waals surface area (Å²) in [4.78, 5) is 4.13. The highest BCUT2D eigenvalue weighted by Gasteiger charge is 2.42. The molecule has 1 aliphatic carbocycles. The Hall–Kier alpha value is -1.15. The van der Waals surface area contributed by atoms with Crippen molar-refractivity contribution in [2.45, 2.75) is 49.5 Å². The van der Waals surface area contributed by atoms with Crippen molar-refractivity contribution in [3.8, 4) is 0 Å². The van der Waals surface area contributed by atoms with E-state index in [4.69, 9.17) is 27.7 Å². The summed E-state index contributed by atoms with van der Waals surface area (Å²) in [5.41, 5.74) is -0.905. The van der Waals surface area contributed by atoms with Gasteiger partial charge in [0.15, 0.2) is 5.82 Å². The van der Waals surface area contributed by atoms with Gasteiger partial charge in [-0.1, -0.05) is 53.7 Å². The van der Waals surface area contributed by atoms with Gasteiger partial charge in [-0.3, -0.25) is 0 Å². The van der Waals surface area contributed by atoms with Gasteiger partial charge >= 0.3 is 0 Å². The maximum atomic E-state index is 13.0. The van der Waals surface area contributed by atoms with Crippen LogP contribution >= 0.6 is 23.2 Å². The molecule has 0 radical (unpaired) electrons. The number of sulfonamides is 1. The first kappa shape index (κ1) is 17.7. The number of nitrogens with zero attached hydrogens (tertiary/aromatic N) is 2. The van der Waals surface area contributed by atoms with E-state index in [0.717, 1.165) is 19.3 Å². The van der Waals surface area contributed by atoms with Gasteiger partial charge in [0.1, 0.15) is 4.90 Å². The van der Waals surface area contributed by atoms with Crippen molar-refractivity contribution in [1.82, 2.24) is 14.9 Å². The largest absolute Gasteiger partial charge is 0.340 e. The van der Waals surface area contributed by atoms with Crippen molar-refractivity contribution in [2.75, 3.05) is 0 Å². The molecule has 1 fully saturated rings. The monoisotopic (exact) mass is 389 g/mol. The lowest BCUT2D eigenvalue weighted by Crippen LogP contribution is -2.48. The molecule has 2 aromatic rings. The van der Waals surface area contributed by atoms with Crippen molar-refractivity contribution in [3.63, 3.8) is 0 Å². The van der Waals surface area contributed by atoms with Gasteiger partial charge < -0.3 is 4.52 Å². The molecule has 1 aromatic heterocycles. The molecule has 1 saturated carbocycles. The number of hydrogen-bond donors (Lipinski definition) is 1. The van der Waals surface area contributed by atoms with E-state index in [9.17, 15) is 8.42 Å². The number of nitrogens with one attached hydrogen (secondary N) is 1. The molecule has 130 valence electrons. The molecule has 1 heterocycles. The standard InChI is InChI=1S/C15H17Cl2N3O3S/c1-10-18-14(19-23-10)15(8-3-2-4-9-15)20-24(21,22)13-11(16)6-5-7-12(13)17/h5-7,20H,2-4,8-9H2,1H3. The second kappa shape index (κ2) is 6.63. The number of aryl methyl sites for hydroxylation is 1. The molecule has 1 aromatic carbocycles. The van der Waals surface area contributed by atoms with E-state index in [0.29, 0.717) is 24.6 Å². The fraction of sp³-hybridized carbons (Fsp3) is 0.467. The molecule has 0 saturated heterocycles. The third kappa shape index (κ3) is 3.31. The fourth-order valence-electron chi connectivity index (χ4n) is 3.07. The van der Waals surface area contributed by atoms with Gasteiger partial charge in [-0.15, -0.1) is 0 Å². The molecule has 0 atom stereocenters. The first-order chi connectivity index (χ1) is 11.3. The van der Waals surface area contributed by atoms with Gasteiger partial charge in [-0.2, -0.15) is 9.71 Å². The van der Waals surface area contributed by atoms with Crippen molar-refractivity contribution in [2.24, 2.45) is 0 Å². The first-order valence-corrected chi connectivity index (χ1v) is 9.87. The minimum absolute atomic E-state index is 0.0743. The van der Waals surface area contributed by atoms with Crippen LogP contribution in [0.25, 0.3) is 0 Å². The van der Waals surface area contributed by atoms with E-state index in [1.54, 1.807) is 13.0 Å². The van der Waals surface area contributed by atoms with Crippen LogP contribution in [0.4, 0.5) is 0 Å². The Morgan fingerprint density at radius 3 is 2.33 bits per heavy atom. The summed E-state index contributed by atoms with van der Waals surface area (Å²) >= 11 is 12.1. The molecule has 0 bridgehead atoms. The number of hydrogen-bond acceptors (Lipinski definition) is 5. The topological polar surface area (TPSA) is 85.1 Å². The van der Waals surface area contributed by atoms with E-state index in [2.05, 4.69) is 14.9 Å². The lowest BCUT2D eigenvalue weighted by atomic mass is 9.82. The SMILES string of the molecule is Cc1nc(C2(NS(=O)(=O)c3c(Cl)cccc3Cl)CCCCC2)no1. The highest BCUT2D eigenvalue weighted by atomic mass is 35.5. The molecule has 24 heavy (non-hydrogen) atoms. The van der Waals surface area contributed by atoms with Crippen molar-refractivity contribution >= 4 is 33.2 Å². The van der Waals surface area contributed by atoms with Crippen LogP contribution in [0.5, 0.6) is 0 Å². The predicted octanol–water partition coefficient (Wildman–Crippen LogP) is 3.82. The van der Waals surface area contributed by atoms with Crippen LogP contribution in [-0.2, 0) is 15.6 Å². The van der Waals surface area contributed by atoms with Gasteiger partial charge in [0.05, 0.1) is 15.6 Å². The maximum Gasteiger partial charge on any atom is 0.244 e. The van der Waals surface area contributed by atoms with Crippen LogP contribution in [0.1, 0.15) is 43.8 Å². The van der Waals surface area contributed by atoms with Gasteiger partial charge in [0, 0.05) is 6.92 Å². The predicted molar refractivity (Wildman–Crippen MR) is 90.6 cm³/mol. The Labute approximate surface area is 150 Å². The number of aromatic nitrogens is 2. The van der Waals surface area contributed by atoms with Gasteiger partial charge in [-0.05, 0) is 25.0 Å². The maximum absolute atomic E-state index is 13.0. The lowest BCUT2D eigenvalue weighted by Gasteiger charge is -2.35. The summed E-state index contributed by atoms with van der Waals surface area (Å²) in [5, 5.41) is 4.10. The van der Waals surface area contributed by atoms with Crippen LogP contribution in [-0.4, -0.2) is 18.6 Å². The van der Waals surface area contributed by atoms with Gasteiger partial charge in [-0.25, -0.2) is 8.42 Å². The van der Waals surface area contributed by atoms with E-state index < -0.39 is 15.6 Å². The summed E-state index contributed by atoms with van der Waals surface area (Å²) in [6, 6.07) is 4.59. The molecule has 9 heteroatoms. The van der Waals surface area contributed by atoms with Gasteiger partial charge in [0.2, 0.25) is 15.9 Å². The second-order valence-electron chi connectivity index (χ2n) is 5.94. The molecule has 0 unspecified atom stereocenters. The van der Waals surface area contributed by atoms with Crippen LogP contribution in [0.15, 0.2) is 27.6 Å². The third-order valence-electron chi connectivity index (χ3n) is 4.18. The molecular formula is C15H17Cl2N3O3S. The van der Waals surface area contributed by atoms with Crippen LogP contribution in [0.2, 0.25) is 10.0 Å². The van der Waals surface area contributed by atoms with Gasteiger partial charge in [0.25, 0.3) is 0 Å². The third-order valence-corrected chi connectivity index (χ3v) is 6.67. The molecule has 1 N–H and O–H groups in total. The molecular weight excluding hydrogens is 373 g/mol. The van der Waals surface area contributed by atoms with E-state index >= 15 is 0 Å². The van der Waals surface area contributed by atoms with E-state index in [1.807, 2.05) is 0 Å². The number of benzene rings is 1. The minimum atomic E-state index is -3.95. The minimum Gasteiger partial charge on any atom is -0.340 e. The first-order valence-electron chi connectivity index (χ1n) is 7.63. The zero-order chi connectivity index (χ0) is 17.4. The fourth-order valence-corrected chi connectivity index (χ4v) is 5.64. The zero-order valence-electron chi connectivity index (χ0n) is 13.1. The zero-order valence-corrected chi connectivity index (χ0v) is 15.4. The Kier molecular flexibility index (Phi) is 4.88. The summed E-state index contributed by atoms with van der Waals surface area (Å²) in [5.74, 6) is 0.747. The molecule has 6 nitrogen and oxygen atoms in total. The Morgan fingerprint density at radius 2 is 1.79 bits per heavy atom. The average Bonchev–Trinajstić information content (AvgIpc) is 2.94. The number of rotatable bonds is 4. The molecule has 0 amide bonds. The lowest BCUT2D eigenvalue weighted by molar-refractivity contribution is 0.248. The summed E-state index contributed by atoms with van der Waals surface area (Å²) in [7, 11) is -3.95. The Balaban J connectivity index is 2.04. The number of halogens is 2. The van der Waals surface area contributed by atoms with Crippen LogP contribution < -0.4 is 4.72 Å². The second-order valence-corrected chi connectivity index (χ2v) is 8.37. The summed E-state index contributed by atoms with van der Waals surface area (Å²) in [6.07, 6.45) is 3.95. The van der Waals surface area contributed by atoms with E-state index in [-0.39, 0.29) is 14.9 Å². The highest BCUT2D eigenvalue weighted by Crippen LogP contribution is 2.38. The van der Waals surface area contributed by atoms with E-state index in [1.165, 1.54) is 12.1 Å². The quantitative estimate of drug-likeness (QED) is 0.858. The van der Waals surface area contributed by atoms with Crippen molar-refractivity contribution in [3.05, 3.63) is 40.0 Å². The Morgan fingerprint density at radius 1 is 1.17 bits per heavy atom. The van der Waals surface area contributed by atoms with Crippen LogP contribution in [0.3, 0.4) is 0 Å². The summed E-state index contributed by atoms with van der Waals surface area (Å²) < 4.78 is 33.7. The Bertz CT molecular complexity index is 825. The molecule has 3 rings (SSSR count). The molecule has 0 spiro atoms. The van der Waals surface area contributed by atoms with Crippen molar-refractivity contribution < 1.29 is 12.9 Å². The normalized spacial score (nSPS) is 17.8. The smallest absolute Gasteiger partial charge is 0.244 e. The highest BCUT2D eigenvalue weighted by molar-refractivity contribution is 7.89. The summed E-state index contributed by atoms with van der Waals surface area (Å²) in [6.45, 7) is 1.67. The van der Waals surface area contributed by atoms with Crippen molar-refractivity contribution in [1.29, 1.82) is 0 Å². The van der Waals surface area contributed by atoms with Crippen LogP contribution in [0, 0.1) is 6.92 Å².